The number of hydrogen-bond acceptors (Lipinski definition) is 4. The molecule has 4 nitrogen and oxygen atoms in total. The molecule has 1 saturated heterocycles. The van der Waals surface area contributed by atoms with Crippen molar-refractivity contribution in [3.05, 3.63) is 21.8 Å². The van der Waals surface area contributed by atoms with Crippen molar-refractivity contribution in [2.75, 3.05) is 26.9 Å². The first-order chi connectivity index (χ1) is 8.70. The maximum atomic E-state index is 13.4. The van der Waals surface area contributed by atoms with Gasteiger partial charge in [-0.1, -0.05) is 0 Å². The Balaban J connectivity index is 1.85. The summed E-state index contributed by atoms with van der Waals surface area (Å²) in [6.45, 7) is 2.13. The molecule has 2 heterocycles. The number of nitrogens with zero attached hydrogens (tertiary/aromatic N) is 1. The Hall–Kier alpha value is -0.470. The Morgan fingerprint density at radius 1 is 1.56 bits per heavy atom. The quantitative estimate of drug-likeness (QED) is 0.638. The van der Waals surface area contributed by atoms with E-state index in [1.54, 1.807) is 13.2 Å². The first kappa shape index (κ1) is 14.0. The zero-order chi connectivity index (χ0) is 13.0. The predicted molar refractivity (Wildman–Crippen MR) is 74.2 cm³/mol. The zero-order valence-electron chi connectivity index (χ0n) is 10.2. The van der Waals surface area contributed by atoms with Crippen LogP contribution in [0, 0.1) is 15.4 Å². The van der Waals surface area contributed by atoms with Gasteiger partial charge in [0.15, 0.2) is 5.75 Å². The number of ether oxygens (including phenoxy) is 2. The van der Waals surface area contributed by atoms with Crippen LogP contribution in [-0.2, 0) is 4.74 Å². The highest BCUT2D eigenvalue weighted by atomic mass is 127. The molecule has 1 fully saturated rings. The number of pyridine rings is 1. The summed E-state index contributed by atoms with van der Waals surface area (Å²) in [7, 11) is 1.71. The minimum atomic E-state index is -0.548. The fraction of sp³-hybridized carbons (Fsp3) is 0.583. The van der Waals surface area contributed by atoms with Crippen LogP contribution in [-0.4, -0.2) is 37.9 Å². The summed E-state index contributed by atoms with van der Waals surface area (Å²) in [5.41, 5.74) is 0. The largest absolute Gasteiger partial charge is 0.486 e. The first-order valence-corrected chi connectivity index (χ1v) is 6.93. The highest BCUT2D eigenvalue weighted by Crippen LogP contribution is 2.23. The first-order valence-electron chi connectivity index (χ1n) is 5.85. The Morgan fingerprint density at radius 3 is 3.11 bits per heavy atom. The predicted octanol–water partition coefficient (Wildman–Crippen LogP) is 1.83. The fourth-order valence-corrected chi connectivity index (χ4v) is 2.64. The van der Waals surface area contributed by atoms with Gasteiger partial charge in [-0.2, -0.15) is 4.39 Å². The molecular formula is C12H16FIN2O2. The highest BCUT2D eigenvalue weighted by Gasteiger charge is 2.25. The van der Waals surface area contributed by atoms with Crippen molar-refractivity contribution >= 4 is 22.6 Å². The minimum Gasteiger partial charge on any atom is -0.486 e. The molecule has 0 amide bonds. The standard InChI is InChI=1S/C12H16FIN2O2/c1-17-6-8-4-9(16-5-8)7-18-11-10(14)2-3-15-12(11)13/h2-3,8-9,16H,4-7H2,1H3/t8?,9-/m0/s1. The summed E-state index contributed by atoms with van der Waals surface area (Å²) < 4.78 is 24.8. The second-order valence-corrected chi connectivity index (χ2v) is 5.55. The van der Waals surface area contributed by atoms with E-state index in [2.05, 4.69) is 10.3 Å². The summed E-state index contributed by atoms with van der Waals surface area (Å²) in [4.78, 5) is 3.59. The lowest BCUT2D eigenvalue weighted by molar-refractivity contribution is 0.157. The van der Waals surface area contributed by atoms with Gasteiger partial charge < -0.3 is 14.8 Å². The summed E-state index contributed by atoms with van der Waals surface area (Å²) in [6, 6.07) is 1.98. The van der Waals surface area contributed by atoms with E-state index in [1.165, 1.54) is 6.20 Å². The van der Waals surface area contributed by atoms with Crippen molar-refractivity contribution < 1.29 is 13.9 Å². The number of hydrogen-bond donors (Lipinski definition) is 1. The van der Waals surface area contributed by atoms with Gasteiger partial charge in [0.25, 0.3) is 5.95 Å². The van der Waals surface area contributed by atoms with Crippen LogP contribution < -0.4 is 10.1 Å². The summed E-state index contributed by atoms with van der Waals surface area (Å²) >= 11 is 2.04. The molecule has 1 aromatic heterocycles. The van der Waals surface area contributed by atoms with Gasteiger partial charge in [-0.3, -0.25) is 0 Å². The molecule has 18 heavy (non-hydrogen) atoms. The van der Waals surface area contributed by atoms with Gasteiger partial charge in [-0.25, -0.2) is 4.98 Å². The van der Waals surface area contributed by atoms with Gasteiger partial charge in [0.05, 0.1) is 10.2 Å². The van der Waals surface area contributed by atoms with Gasteiger partial charge in [0.2, 0.25) is 0 Å². The van der Waals surface area contributed by atoms with E-state index in [4.69, 9.17) is 9.47 Å². The Labute approximate surface area is 119 Å². The lowest BCUT2D eigenvalue weighted by atomic mass is 10.1. The molecule has 0 aromatic carbocycles. The van der Waals surface area contributed by atoms with Crippen LogP contribution >= 0.6 is 22.6 Å². The fourth-order valence-electron chi connectivity index (χ4n) is 2.11. The van der Waals surface area contributed by atoms with E-state index in [9.17, 15) is 4.39 Å². The lowest BCUT2D eigenvalue weighted by Crippen LogP contribution is -2.28. The van der Waals surface area contributed by atoms with Crippen molar-refractivity contribution in [3.63, 3.8) is 0 Å². The third kappa shape index (κ3) is 3.52. The monoisotopic (exact) mass is 366 g/mol. The van der Waals surface area contributed by atoms with Crippen LogP contribution in [0.4, 0.5) is 4.39 Å². The average molecular weight is 366 g/mol. The topological polar surface area (TPSA) is 43.4 Å². The molecule has 6 heteroatoms. The molecule has 100 valence electrons. The number of halogens is 2. The Bertz CT molecular complexity index is 385. The summed E-state index contributed by atoms with van der Waals surface area (Å²) in [5.74, 6) is 0.213. The molecular weight excluding hydrogens is 350 g/mol. The lowest BCUT2D eigenvalue weighted by Gasteiger charge is -2.13. The van der Waals surface area contributed by atoms with Gasteiger partial charge in [0, 0.05) is 25.9 Å². The molecule has 1 aromatic rings. The SMILES string of the molecule is COCC1CN[C@H](COc2c(I)ccnc2F)C1. The zero-order valence-corrected chi connectivity index (χ0v) is 12.3. The molecule has 0 aliphatic carbocycles. The number of methoxy groups -OCH3 is 1. The summed E-state index contributed by atoms with van der Waals surface area (Å²) in [6.07, 6.45) is 2.43. The van der Waals surface area contributed by atoms with E-state index in [1.807, 2.05) is 22.6 Å². The molecule has 2 atom stereocenters. The molecule has 0 bridgehead atoms. The van der Waals surface area contributed by atoms with Crippen molar-refractivity contribution in [3.8, 4) is 5.75 Å². The maximum Gasteiger partial charge on any atom is 0.256 e. The highest BCUT2D eigenvalue weighted by molar-refractivity contribution is 14.1. The van der Waals surface area contributed by atoms with Gasteiger partial charge in [-0.05, 0) is 41.0 Å². The van der Waals surface area contributed by atoms with Crippen LogP contribution in [0.1, 0.15) is 6.42 Å². The third-order valence-electron chi connectivity index (χ3n) is 2.96. The minimum absolute atomic E-state index is 0.245. The van der Waals surface area contributed by atoms with E-state index in [0.29, 0.717) is 12.5 Å². The number of aromatic nitrogens is 1. The second-order valence-electron chi connectivity index (χ2n) is 4.39. The Morgan fingerprint density at radius 2 is 2.39 bits per heavy atom. The summed E-state index contributed by atoms with van der Waals surface area (Å²) in [5, 5.41) is 3.35. The Kier molecular flexibility index (Phi) is 5.13. The van der Waals surface area contributed by atoms with Crippen LogP contribution in [0.15, 0.2) is 12.3 Å². The van der Waals surface area contributed by atoms with Crippen LogP contribution in [0.3, 0.4) is 0 Å². The molecule has 1 aliphatic rings. The number of nitrogens with one attached hydrogen (secondary N) is 1. The molecule has 0 saturated carbocycles. The van der Waals surface area contributed by atoms with Gasteiger partial charge in [0.1, 0.15) is 6.61 Å². The van der Waals surface area contributed by atoms with E-state index in [-0.39, 0.29) is 11.8 Å². The molecule has 1 N–H and O–H groups in total. The average Bonchev–Trinajstić information content (AvgIpc) is 2.77. The molecule has 1 unspecified atom stereocenters. The van der Waals surface area contributed by atoms with Crippen LogP contribution in [0.5, 0.6) is 5.75 Å². The van der Waals surface area contributed by atoms with Crippen molar-refractivity contribution in [2.45, 2.75) is 12.5 Å². The molecule has 0 spiro atoms. The van der Waals surface area contributed by atoms with E-state index >= 15 is 0 Å². The van der Waals surface area contributed by atoms with Crippen molar-refractivity contribution in [2.24, 2.45) is 5.92 Å². The normalized spacial score (nSPS) is 23.3. The maximum absolute atomic E-state index is 13.4. The molecule has 0 radical (unpaired) electrons. The second kappa shape index (κ2) is 6.63. The van der Waals surface area contributed by atoms with Crippen LogP contribution in [0.2, 0.25) is 0 Å². The smallest absolute Gasteiger partial charge is 0.256 e. The van der Waals surface area contributed by atoms with Crippen molar-refractivity contribution in [1.82, 2.24) is 10.3 Å². The van der Waals surface area contributed by atoms with Crippen molar-refractivity contribution in [1.29, 1.82) is 0 Å². The van der Waals surface area contributed by atoms with Crippen LogP contribution in [0.25, 0.3) is 0 Å². The van der Waals surface area contributed by atoms with E-state index < -0.39 is 5.95 Å². The van der Waals surface area contributed by atoms with Gasteiger partial charge >= 0.3 is 0 Å². The van der Waals surface area contributed by atoms with Gasteiger partial charge in [-0.15, -0.1) is 0 Å². The molecule has 2 rings (SSSR count). The number of rotatable bonds is 5. The third-order valence-corrected chi connectivity index (χ3v) is 3.81. The molecule has 1 aliphatic heterocycles. The van der Waals surface area contributed by atoms with E-state index in [0.717, 1.165) is 23.1 Å².